The van der Waals surface area contributed by atoms with Crippen molar-refractivity contribution in [2.45, 2.75) is 13.5 Å². The smallest absolute Gasteiger partial charge is 0.318 e. The molecular formula is C17H21N3O2S. The van der Waals surface area contributed by atoms with Crippen molar-refractivity contribution in [1.29, 1.82) is 0 Å². The van der Waals surface area contributed by atoms with E-state index in [1.807, 2.05) is 37.3 Å². The number of aryl methyl sites for hydroxylation is 1. The minimum atomic E-state index is -0.215. The van der Waals surface area contributed by atoms with Crippen molar-refractivity contribution in [1.82, 2.24) is 15.2 Å². The summed E-state index contributed by atoms with van der Waals surface area (Å²) >= 11 is 1.58. The van der Waals surface area contributed by atoms with Crippen LogP contribution in [0.2, 0.25) is 0 Å². The minimum Gasteiger partial charge on any atom is -0.395 e. The number of hydrogen-bond acceptors (Lipinski definition) is 4. The molecule has 0 unspecified atom stereocenters. The van der Waals surface area contributed by atoms with Gasteiger partial charge in [-0.3, -0.25) is 0 Å². The predicted molar refractivity (Wildman–Crippen MR) is 93.4 cm³/mol. The highest BCUT2D eigenvalue weighted by Gasteiger charge is 2.14. The number of thiazole rings is 1. The first-order valence-electron chi connectivity index (χ1n) is 7.42. The van der Waals surface area contributed by atoms with Gasteiger partial charge in [0.25, 0.3) is 0 Å². The van der Waals surface area contributed by atoms with Gasteiger partial charge < -0.3 is 15.3 Å². The Bertz CT molecular complexity index is 655. The van der Waals surface area contributed by atoms with Gasteiger partial charge in [-0.15, -0.1) is 17.9 Å². The summed E-state index contributed by atoms with van der Waals surface area (Å²) in [7, 11) is 0. The summed E-state index contributed by atoms with van der Waals surface area (Å²) < 4.78 is 0. The summed E-state index contributed by atoms with van der Waals surface area (Å²) in [6, 6.07) is 9.76. The molecular weight excluding hydrogens is 310 g/mol. The molecule has 1 aromatic heterocycles. The fraction of sp³-hybridized carbons (Fsp3) is 0.294. The second-order valence-corrected chi connectivity index (χ2v) is 6.09. The Kier molecular flexibility index (Phi) is 6.31. The second kappa shape index (κ2) is 8.45. The van der Waals surface area contributed by atoms with Crippen LogP contribution in [0.4, 0.5) is 4.79 Å². The fourth-order valence-corrected chi connectivity index (χ4v) is 3.12. The number of hydrogen-bond donors (Lipinski definition) is 2. The van der Waals surface area contributed by atoms with Gasteiger partial charge in [-0.25, -0.2) is 9.78 Å². The van der Waals surface area contributed by atoms with Gasteiger partial charge in [-0.1, -0.05) is 36.4 Å². The summed E-state index contributed by atoms with van der Waals surface area (Å²) in [6.07, 6.45) is 1.64. The highest BCUT2D eigenvalue weighted by atomic mass is 32.1. The molecule has 0 aliphatic heterocycles. The van der Waals surface area contributed by atoms with E-state index >= 15 is 0 Å². The predicted octanol–water partition coefficient (Wildman–Crippen LogP) is 2.81. The van der Waals surface area contributed by atoms with Crippen molar-refractivity contribution in [3.63, 3.8) is 0 Å². The quantitative estimate of drug-likeness (QED) is 0.767. The average molecular weight is 331 g/mol. The summed E-state index contributed by atoms with van der Waals surface area (Å²) in [5, 5.41) is 12.8. The molecule has 1 heterocycles. The third-order valence-corrected chi connectivity index (χ3v) is 4.53. The molecule has 0 fully saturated rings. The highest BCUT2D eigenvalue weighted by molar-refractivity contribution is 7.15. The first-order valence-corrected chi connectivity index (χ1v) is 8.23. The number of amides is 2. The Hall–Kier alpha value is -2.18. The summed E-state index contributed by atoms with van der Waals surface area (Å²) in [5.41, 5.74) is 2.00. The number of aliphatic hydroxyl groups excluding tert-OH is 1. The molecule has 2 aromatic rings. The molecule has 0 radical (unpaired) electrons. The lowest BCUT2D eigenvalue weighted by atomic mass is 10.2. The maximum atomic E-state index is 12.1. The molecule has 0 spiro atoms. The number of carbonyl (C=O) groups is 1. The van der Waals surface area contributed by atoms with Gasteiger partial charge in [0.05, 0.1) is 18.8 Å². The number of benzene rings is 1. The second-order valence-electron chi connectivity index (χ2n) is 5.01. The zero-order valence-electron chi connectivity index (χ0n) is 13.2. The zero-order valence-corrected chi connectivity index (χ0v) is 14.0. The number of aromatic nitrogens is 1. The lowest BCUT2D eigenvalue weighted by molar-refractivity contribution is 0.183. The standard InChI is InChI=1S/C17H21N3O2S/c1-3-9-20(10-11-21)17(22)18-12-15-13(2)19-16(23-15)14-7-5-4-6-8-14/h3-8,21H,1,9-12H2,2H3,(H,18,22). The van der Waals surface area contributed by atoms with E-state index in [4.69, 9.17) is 5.11 Å². The van der Waals surface area contributed by atoms with Gasteiger partial charge in [0.2, 0.25) is 0 Å². The third kappa shape index (κ3) is 4.64. The first kappa shape index (κ1) is 17.2. The number of nitrogens with zero attached hydrogens (tertiary/aromatic N) is 2. The molecule has 0 saturated heterocycles. The molecule has 122 valence electrons. The van der Waals surface area contributed by atoms with E-state index in [0.717, 1.165) is 21.1 Å². The number of carbonyl (C=O) groups excluding carboxylic acids is 1. The number of urea groups is 1. The van der Waals surface area contributed by atoms with E-state index in [1.165, 1.54) is 4.90 Å². The van der Waals surface area contributed by atoms with Gasteiger partial charge in [0, 0.05) is 23.5 Å². The van der Waals surface area contributed by atoms with Crippen LogP contribution in [-0.2, 0) is 6.54 Å². The Labute approximate surface area is 140 Å². The first-order chi connectivity index (χ1) is 11.2. The van der Waals surface area contributed by atoms with Crippen LogP contribution >= 0.6 is 11.3 Å². The average Bonchev–Trinajstić information content (AvgIpc) is 2.94. The van der Waals surface area contributed by atoms with E-state index in [9.17, 15) is 4.79 Å². The zero-order chi connectivity index (χ0) is 16.7. The van der Waals surface area contributed by atoms with E-state index < -0.39 is 0 Å². The summed E-state index contributed by atoms with van der Waals surface area (Å²) in [4.78, 5) is 19.2. The van der Waals surface area contributed by atoms with Crippen molar-refractivity contribution in [3.05, 3.63) is 53.6 Å². The van der Waals surface area contributed by atoms with Crippen LogP contribution in [0, 0.1) is 6.92 Å². The largest absolute Gasteiger partial charge is 0.395 e. The SMILES string of the molecule is C=CCN(CCO)C(=O)NCc1sc(-c2ccccc2)nc1C. The summed E-state index contributed by atoms with van der Waals surface area (Å²) in [5.74, 6) is 0. The Morgan fingerprint density at radius 3 is 2.83 bits per heavy atom. The lowest BCUT2D eigenvalue weighted by Gasteiger charge is -2.20. The molecule has 0 bridgehead atoms. The Balaban J connectivity index is 2.02. The molecule has 5 nitrogen and oxygen atoms in total. The van der Waals surface area contributed by atoms with Crippen molar-refractivity contribution < 1.29 is 9.90 Å². The fourth-order valence-electron chi connectivity index (χ4n) is 2.12. The van der Waals surface area contributed by atoms with Gasteiger partial charge >= 0.3 is 6.03 Å². The molecule has 0 saturated carbocycles. The van der Waals surface area contributed by atoms with Gasteiger partial charge in [-0.2, -0.15) is 0 Å². The van der Waals surface area contributed by atoms with Crippen molar-refractivity contribution >= 4 is 17.4 Å². The van der Waals surface area contributed by atoms with Crippen molar-refractivity contribution in [3.8, 4) is 10.6 Å². The van der Waals surface area contributed by atoms with Crippen LogP contribution in [-0.4, -0.2) is 40.7 Å². The van der Waals surface area contributed by atoms with Crippen LogP contribution in [0.1, 0.15) is 10.6 Å². The van der Waals surface area contributed by atoms with Crippen LogP contribution in [0.15, 0.2) is 43.0 Å². The Morgan fingerprint density at radius 2 is 2.17 bits per heavy atom. The van der Waals surface area contributed by atoms with Gasteiger partial charge in [-0.05, 0) is 6.92 Å². The highest BCUT2D eigenvalue weighted by Crippen LogP contribution is 2.27. The number of rotatable bonds is 7. The summed E-state index contributed by atoms with van der Waals surface area (Å²) in [6.45, 7) is 6.61. The van der Waals surface area contributed by atoms with Crippen molar-refractivity contribution in [2.75, 3.05) is 19.7 Å². The molecule has 2 rings (SSSR count). The van der Waals surface area contributed by atoms with Gasteiger partial charge in [0.1, 0.15) is 5.01 Å². The minimum absolute atomic E-state index is 0.0704. The molecule has 1 aromatic carbocycles. The molecule has 0 atom stereocenters. The van der Waals surface area contributed by atoms with Crippen LogP contribution in [0.3, 0.4) is 0 Å². The topological polar surface area (TPSA) is 65.5 Å². The van der Waals surface area contributed by atoms with Crippen LogP contribution < -0.4 is 5.32 Å². The van der Waals surface area contributed by atoms with Crippen LogP contribution in [0.25, 0.3) is 10.6 Å². The lowest BCUT2D eigenvalue weighted by Crippen LogP contribution is -2.41. The molecule has 6 heteroatoms. The maximum Gasteiger partial charge on any atom is 0.318 e. The van der Waals surface area contributed by atoms with Crippen molar-refractivity contribution in [2.24, 2.45) is 0 Å². The number of aliphatic hydroxyl groups is 1. The molecule has 2 N–H and O–H groups in total. The van der Waals surface area contributed by atoms with E-state index in [0.29, 0.717) is 13.1 Å². The van der Waals surface area contributed by atoms with Gasteiger partial charge in [0.15, 0.2) is 0 Å². The third-order valence-electron chi connectivity index (χ3n) is 3.32. The van der Waals surface area contributed by atoms with E-state index in [2.05, 4.69) is 16.9 Å². The normalized spacial score (nSPS) is 10.3. The van der Waals surface area contributed by atoms with E-state index in [-0.39, 0.29) is 19.2 Å². The molecule has 0 aliphatic rings. The molecule has 23 heavy (non-hydrogen) atoms. The Morgan fingerprint density at radius 1 is 1.43 bits per heavy atom. The van der Waals surface area contributed by atoms with Crippen LogP contribution in [0.5, 0.6) is 0 Å². The maximum absolute atomic E-state index is 12.1. The molecule has 2 amide bonds. The number of nitrogens with one attached hydrogen (secondary N) is 1. The monoisotopic (exact) mass is 331 g/mol. The molecule has 0 aliphatic carbocycles. The van der Waals surface area contributed by atoms with E-state index in [1.54, 1.807) is 17.4 Å².